The third-order valence-electron chi connectivity index (χ3n) is 6.44. The van der Waals surface area contributed by atoms with Crippen LogP contribution in [0.1, 0.15) is 118 Å². The maximum absolute atomic E-state index is 6.46. The number of halogens is 1. The van der Waals surface area contributed by atoms with Crippen LogP contribution >= 0.6 is 11.6 Å². The molecular weight excluding hydrogens is 376 g/mol. The van der Waals surface area contributed by atoms with Crippen molar-refractivity contribution in [1.82, 2.24) is 9.88 Å². The first-order valence-electron chi connectivity index (χ1n) is 12.1. The quantitative estimate of drug-likeness (QED) is 0.247. The maximum Gasteiger partial charge on any atom is 0.0729 e. The molecule has 1 aromatic heterocycles. The number of aromatic nitrogens is 1. The number of hydrogen-bond acceptors (Lipinski definition) is 2. The van der Waals surface area contributed by atoms with Gasteiger partial charge in [-0.1, -0.05) is 90.7 Å². The van der Waals surface area contributed by atoms with E-state index in [2.05, 4.69) is 51.4 Å². The van der Waals surface area contributed by atoms with Crippen LogP contribution in [0.4, 0.5) is 0 Å². The van der Waals surface area contributed by atoms with Gasteiger partial charge in [0.15, 0.2) is 0 Å². The van der Waals surface area contributed by atoms with Crippen LogP contribution in [0.2, 0.25) is 5.02 Å². The minimum atomic E-state index is 0.160. The fourth-order valence-corrected chi connectivity index (χ4v) is 4.23. The summed E-state index contributed by atoms with van der Waals surface area (Å²) in [5.41, 5.74) is 1.56. The normalized spacial score (nSPS) is 12.7. The van der Waals surface area contributed by atoms with Gasteiger partial charge in [0.2, 0.25) is 0 Å². The number of hydrogen-bond donors (Lipinski definition) is 0. The molecule has 0 spiro atoms. The van der Waals surface area contributed by atoms with Gasteiger partial charge in [0.1, 0.15) is 0 Å². The van der Waals surface area contributed by atoms with E-state index in [9.17, 15) is 0 Å². The summed E-state index contributed by atoms with van der Waals surface area (Å²) in [6.07, 6.45) is 16.3. The van der Waals surface area contributed by atoms with Crippen LogP contribution in [0.3, 0.4) is 0 Å². The predicted octanol–water partition coefficient (Wildman–Crippen LogP) is 8.67. The zero-order valence-electron chi connectivity index (χ0n) is 20.2. The van der Waals surface area contributed by atoms with Crippen LogP contribution in [0, 0.1) is 5.41 Å². The summed E-state index contributed by atoms with van der Waals surface area (Å²) < 4.78 is 0. The van der Waals surface area contributed by atoms with Crippen molar-refractivity contribution in [2.24, 2.45) is 5.41 Å². The summed E-state index contributed by atoms with van der Waals surface area (Å²) in [4.78, 5) is 7.22. The number of rotatable bonds is 16. The van der Waals surface area contributed by atoms with Gasteiger partial charge in [-0.3, -0.25) is 9.88 Å². The fraction of sp³-hybridized carbons (Fsp3) is 0.808. The van der Waals surface area contributed by atoms with Crippen molar-refractivity contribution in [3.63, 3.8) is 0 Å². The average Bonchev–Trinajstić information content (AvgIpc) is 2.67. The van der Waals surface area contributed by atoms with E-state index >= 15 is 0 Å². The van der Waals surface area contributed by atoms with Gasteiger partial charge < -0.3 is 0 Å². The molecule has 0 radical (unpaired) electrons. The lowest BCUT2D eigenvalue weighted by Gasteiger charge is -2.41. The van der Waals surface area contributed by atoms with Gasteiger partial charge in [-0.15, -0.1) is 0 Å². The molecule has 0 unspecified atom stereocenters. The molecule has 0 saturated heterocycles. The van der Waals surface area contributed by atoms with Gasteiger partial charge in [0.25, 0.3) is 0 Å². The number of unbranched alkanes of at least 4 members (excludes halogenated alkanes) is 6. The van der Waals surface area contributed by atoms with Crippen LogP contribution in [0.5, 0.6) is 0 Å². The van der Waals surface area contributed by atoms with Gasteiger partial charge in [-0.25, -0.2) is 0 Å². The molecule has 0 amide bonds. The van der Waals surface area contributed by atoms with Crippen LogP contribution in [0.15, 0.2) is 18.3 Å². The largest absolute Gasteiger partial charge is 0.292 e. The van der Waals surface area contributed by atoms with Crippen molar-refractivity contribution in [2.75, 3.05) is 6.54 Å². The first-order valence-corrected chi connectivity index (χ1v) is 12.4. The van der Waals surface area contributed by atoms with Gasteiger partial charge in [-0.2, -0.15) is 0 Å². The topological polar surface area (TPSA) is 16.1 Å². The summed E-state index contributed by atoms with van der Waals surface area (Å²) in [6, 6.07) is 3.89. The third kappa shape index (κ3) is 10.8. The molecule has 0 aromatic carbocycles. The molecule has 0 aliphatic rings. The monoisotopic (exact) mass is 422 g/mol. The summed E-state index contributed by atoms with van der Waals surface area (Å²) in [7, 11) is 0. The first kappa shape index (κ1) is 26.4. The molecule has 0 saturated carbocycles. The Morgan fingerprint density at radius 3 is 2.07 bits per heavy atom. The minimum Gasteiger partial charge on any atom is -0.292 e. The van der Waals surface area contributed by atoms with Gasteiger partial charge >= 0.3 is 0 Å². The molecule has 0 N–H and O–H groups in total. The van der Waals surface area contributed by atoms with Crippen LogP contribution in [-0.2, 0) is 6.54 Å². The van der Waals surface area contributed by atoms with Crippen molar-refractivity contribution in [3.8, 4) is 0 Å². The van der Waals surface area contributed by atoms with Crippen LogP contribution in [0.25, 0.3) is 0 Å². The predicted molar refractivity (Wildman–Crippen MR) is 130 cm³/mol. The molecule has 0 bridgehead atoms. The van der Waals surface area contributed by atoms with Crippen molar-refractivity contribution < 1.29 is 0 Å². The average molecular weight is 423 g/mol. The SMILES string of the molecule is CCCCCCC(C)(C)CCN(Cc1ncccc1Cl)C(C)(C)CCCCCC. The zero-order valence-corrected chi connectivity index (χ0v) is 21.0. The van der Waals surface area contributed by atoms with E-state index < -0.39 is 0 Å². The van der Waals surface area contributed by atoms with E-state index in [4.69, 9.17) is 11.6 Å². The lowest BCUT2D eigenvalue weighted by Crippen LogP contribution is -2.45. The zero-order chi connectivity index (χ0) is 21.8. The van der Waals surface area contributed by atoms with E-state index in [1.807, 2.05) is 18.3 Å². The summed E-state index contributed by atoms with van der Waals surface area (Å²) >= 11 is 6.46. The summed E-state index contributed by atoms with van der Waals surface area (Å²) in [6.45, 7) is 16.2. The molecule has 29 heavy (non-hydrogen) atoms. The van der Waals surface area contributed by atoms with E-state index in [1.165, 1.54) is 70.6 Å². The standard InChI is InChI=1S/C26H47ClN2/c1-7-9-11-13-17-25(3,4)19-21-29(22-24-23(27)16-15-20-28-24)26(5,6)18-14-12-10-8-2/h15-16,20H,7-14,17-19,21-22H2,1-6H3. The molecule has 0 aliphatic heterocycles. The Kier molecular flexibility index (Phi) is 12.4. The smallest absolute Gasteiger partial charge is 0.0729 e. The van der Waals surface area contributed by atoms with E-state index in [0.29, 0.717) is 5.41 Å². The maximum atomic E-state index is 6.46. The highest BCUT2D eigenvalue weighted by Crippen LogP contribution is 2.32. The molecule has 0 atom stereocenters. The second-order valence-electron chi connectivity index (χ2n) is 10.2. The lowest BCUT2D eigenvalue weighted by atomic mass is 9.82. The molecule has 0 aliphatic carbocycles. The Labute approximate surface area is 186 Å². The summed E-state index contributed by atoms with van der Waals surface area (Å²) in [5.74, 6) is 0. The minimum absolute atomic E-state index is 0.160. The van der Waals surface area contributed by atoms with Crippen molar-refractivity contribution in [2.45, 2.75) is 124 Å². The fourth-order valence-electron chi connectivity index (χ4n) is 4.05. The number of pyridine rings is 1. The molecular formula is C26H47ClN2. The van der Waals surface area contributed by atoms with Crippen molar-refractivity contribution in [3.05, 3.63) is 29.0 Å². The Balaban J connectivity index is 2.77. The van der Waals surface area contributed by atoms with E-state index in [1.54, 1.807) is 0 Å². The molecule has 1 heterocycles. The van der Waals surface area contributed by atoms with E-state index in [0.717, 1.165) is 23.8 Å². The highest BCUT2D eigenvalue weighted by Gasteiger charge is 2.29. The Bertz CT molecular complexity index is 553. The molecule has 0 fully saturated rings. The van der Waals surface area contributed by atoms with Gasteiger partial charge in [0.05, 0.1) is 10.7 Å². The van der Waals surface area contributed by atoms with E-state index in [-0.39, 0.29) is 5.54 Å². The third-order valence-corrected chi connectivity index (χ3v) is 6.78. The molecule has 2 nitrogen and oxygen atoms in total. The van der Waals surface area contributed by atoms with Crippen molar-refractivity contribution >= 4 is 11.6 Å². The molecule has 1 rings (SSSR count). The van der Waals surface area contributed by atoms with Gasteiger partial charge in [-0.05, 0) is 57.2 Å². The highest BCUT2D eigenvalue weighted by atomic mass is 35.5. The summed E-state index contributed by atoms with van der Waals surface area (Å²) in [5, 5.41) is 0.790. The highest BCUT2D eigenvalue weighted by molar-refractivity contribution is 6.31. The van der Waals surface area contributed by atoms with Gasteiger partial charge in [0, 0.05) is 18.3 Å². The molecule has 3 heteroatoms. The molecule has 1 aromatic rings. The second kappa shape index (κ2) is 13.7. The lowest BCUT2D eigenvalue weighted by molar-refractivity contribution is 0.0798. The first-order chi connectivity index (χ1) is 13.7. The molecule has 168 valence electrons. The van der Waals surface area contributed by atoms with Crippen LogP contribution in [-0.4, -0.2) is 22.0 Å². The number of nitrogens with zero attached hydrogens (tertiary/aromatic N) is 2. The van der Waals surface area contributed by atoms with Crippen LogP contribution < -0.4 is 0 Å². The van der Waals surface area contributed by atoms with Crippen molar-refractivity contribution in [1.29, 1.82) is 0 Å². The Morgan fingerprint density at radius 2 is 1.48 bits per heavy atom. The Hall–Kier alpha value is -0.600. The second-order valence-corrected chi connectivity index (χ2v) is 10.6. The Morgan fingerprint density at radius 1 is 0.862 bits per heavy atom.